The number of rotatable bonds is 4. The molecule has 1 aliphatic rings. The van der Waals surface area contributed by atoms with Crippen molar-refractivity contribution in [2.75, 3.05) is 36.6 Å². The van der Waals surface area contributed by atoms with E-state index in [0.717, 1.165) is 34.9 Å². The number of aryl methyl sites for hydroxylation is 1. The highest BCUT2D eigenvalue weighted by Crippen LogP contribution is 2.25. The quantitative estimate of drug-likeness (QED) is 0.652. The van der Waals surface area contributed by atoms with Crippen molar-refractivity contribution in [3.05, 3.63) is 35.5 Å². The molecule has 6 nitrogen and oxygen atoms in total. The minimum atomic E-state index is -2.21. The maximum atomic E-state index is 12.2. The number of morpholine rings is 1. The van der Waals surface area contributed by atoms with Crippen LogP contribution in [0.4, 0.5) is 11.5 Å². The van der Waals surface area contributed by atoms with E-state index in [1.165, 1.54) is 0 Å². The summed E-state index contributed by atoms with van der Waals surface area (Å²) in [6.07, 6.45) is 1.65. The number of benzene rings is 1. The smallest absolute Gasteiger partial charge is 0.161 e. The van der Waals surface area contributed by atoms with E-state index in [2.05, 4.69) is 22.7 Å². The molecule has 2 aromatic rings. The SMILES string of the molecule is C=S(C)(=O)Cc1cc(N2CCOC[C@@H]2C)nc(-c2ccc(N)c(C)c2)n1. The second kappa shape index (κ2) is 7.25. The van der Waals surface area contributed by atoms with Gasteiger partial charge in [0.05, 0.1) is 30.7 Å². The average Bonchev–Trinajstić information content (AvgIpc) is 2.56. The highest BCUT2D eigenvalue weighted by atomic mass is 32.2. The Morgan fingerprint density at radius 1 is 1.38 bits per heavy atom. The molecule has 0 spiro atoms. The molecule has 1 unspecified atom stereocenters. The summed E-state index contributed by atoms with van der Waals surface area (Å²) >= 11 is 0. The molecule has 7 heteroatoms. The van der Waals surface area contributed by atoms with Crippen molar-refractivity contribution in [2.45, 2.75) is 25.6 Å². The van der Waals surface area contributed by atoms with Crippen LogP contribution in [-0.2, 0) is 20.0 Å². The lowest BCUT2D eigenvalue weighted by molar-refractivity contribution is 0.0985. The first-order valence-corrected chi connectivity index (χ1v) is 10.9. The molecule has 2 heterocycles. The molecule has 1 saturated heterocycles. The van der Waals surface area contributed by atoms with Gasteiger partial charge in [-0.1, -0.05) is 0 Å². The van der Waals surface area contributed by atoms with Crippen molar-refractivity contribution >= 4 is 26.9 Å². The summed E-state index contributed by atoms with van der Waals surface area (Å²) in [5.74, 6) is 5.54. The Labute approximate surface area is 155 Å². The largest absolute Gasteiger partial charge is 0.399 e. The molecule has 1 fully saturated rings. The zero-order chi connectivity index (χ0) is 18.9. The van der Waals surface area contributed by atoms with Crippen LogP contribution in [0.25, 0.3) is 11.4 Å². The summed E-state index contributed by atoms with van der Waals surface area (Å²) in [6.45, 7) is 6.17. The van der Waals surface area contributed by atoms with Crippen molar-refractivity contribution in [1.82, 2.24) is 9.97 Å². The molecule has 0 aliphatic carbocycles. The molecule has 3 rings (SSSR count). The zero-order valence-corrected chi connectivity index (χ0v) is 16.4. The molecule has 0 radical (unpaired) electrons. The summed E-state index contributed by atoms with van der Waals surface area (Å²) in [6, 6.07) is 7.90. The number of hydrogen-bond acceptors (Lipinski definition) is 6. The van der Waals surface area contributed by atoms with Crippen molar-refractivity contribution in [2.24, 2.45) is 0 Å². The Bertz CT molecular complexity index is 912. The van der Waals surface area contributed by atoms with Crippen molar-refractivity contribution in [1.29, 1.82) is 0 Å². The van der Waals surface area contributed by atoms with Gasteiger partial charge in [0.1, 0.15) is 5.82 Å². The Kier molecular flexibility index (Phi) is 5.20. The molecule has 1 aromatic heterocycles. The standard InChI is InChI=1S/C19H26N4O2S/c1-13-9-15(5-6-17(13)20)19-21-16(12-26(3,4)24)10-18(22-19)23-7-8-25-11-14(23)2/h5-6,9-10,14H,3,7-8,11-12,20H2,1-2,4H3/t14-,26?/m0/s1. The number of nitrogens with zero attached hydrogens (tertiary/aromatic N) is 3. The fourth-order valence-electron chi connectivity index (χ4n) is 3.03. The molecule has 2 atom stereocenters. The van der Waals surface area contributed by atoms with E-state index in [9.17, 15) is 4.21 Å². The molecular formula is C19H26N4O2S. The number of nitrogens with two attached hydrogens (primary N) is 1. The van der Waals surface area contributed by atoms with Gasteiger partial charge in [0.2, 0.25) is 0 Å². The Morgan fingerprint density at radius 3 is 2.81 bits per heavy atom. The van der Waals surface area contributed by atoms with E-state index in [1.807, 2.05) is 31.2 Å². The Hall–Kier alpha value is -2.12. The third-order valence-corrected chi connectivity index (χ3v) is 5.32. The van der Waals surface area contributed by atoms with E-state index < -0.39 is 9.52 Å². The first-order valence-electron chi connectivity index (χ1n) is 8.62. The number of anilines is 2. The fourth-order valence-corrected chi connectivity index (χ4v) is 3.80. The number of ether oxygens (including phenoxy) is 1. The lowest BCUT2D eigenvalue weighted by atomic mass is 10.1. The van der Waals surface area contributed by atoms with Gasteiger partial charge in [0.15, 0.2) is 5.82 Å². The molecule has 0 bridgehead atoms. The van der Waals surface area contributed by atoms with Gasteiger partial charge in [0, 0.05) is 30.1 Å². The van der Waals surface area contributed by atoms with Crippen LogP contribution in [0.1, 0.15) is 18.2 Å². The van der Waals surface area contributed by atoms with E-state index in [4.69, 9.17) is 15.5 Å². The third kappa shape index (κ3) is 4.34. The zero-order valence-electron chi connectivity index (χ0n) is 15.6. The van der Waals surface area contributed by atoms with E-state index in [0.29, 0.717) is 24.8 Å². The monoisotopic (exact) mass is 374 g/mol. The third-order valence-electron chi connectivity index (χ3n) is 4.41. The summed E-state index contributed by atoms with van der Waals surface area (Å²) < 4.78 is 17.8. The van der Waals surface area contributed by atoms with Crippen molar-refractivity contribution < 1.29 is 8.95 Å². The van der Waals surface area contributed by atoms with Crippen molar-refractivity contribution in [3.8, 4) is 11.4 Å². The number of hydrogen-bond donors (Lipinski definition) is 1. The number of nitrogen functional groups attached to an aromatic ring is 1. The van der Waals surface area contributed by atoms with Crippen LogP contribution in [0.5, 0.6) is 0 Å². The van der Waals surface area contributed by atoms with Gasteiger partial charge in [-0.3, -0.25) is 4.21 Å². The van der Waals surface area contributed by atoms with Crippen LogP contribution in [0.15, 0.2) is 24.3 Å². The van der Waals surface area contributed by atoms with Crippen LogP contribution in [-0.4, -0.2) is 52.1 Å². The number of aromatic nitrogens is 2. The maximum absolute atomic E-state index is 12.2. The van der Waals surface area contributed by atoms with Gasteiger partial charge in [-0.15, -0.1) is 0 Å². The van der Waals surface area contributed by atoms with E-state index in [-0.39, 0.29) is 6.04 Å². The highest BCUT2D eigenvalue weighted by molar-refractivity contribution is 7.98. The molecule has 140 valence electrons. The Morgan fingerprint density at radius 2 is 2.15 bits per heavy atom. The maximum Gasteiger partial charge on any atom is 0.161 e. The second-order valence-corrected chi connectivity index (χ2v) is 9.71. The molecule has 0 amide bonds. The van der Waals surface area contributed by atoms with Crippen LogP contribution >= 0.6 is 0 Å². The van der Waals surface area contributed by atoms with Crippen LogP contribution < -0.4 is 10.6 Å². The van der Waals surface area contributed by atoms with Gasteiger partial charge in [-0.05, 0) is 53.0 Å². The molecule has 0 saturated carbocycles. The van der Waals surface area contributed by atoms with Gasteiger partial charge >= 0.3 is 0 Å². The second-order valence-electron chi connectivity index (χ2n) is 7.06. The first-order chi connectivity index (χ1) is 12.2. The van der Waals surface area contributed by atoms with E-state index in [1.54, 1.807) is 6.26 Å². The molecule has 1 aromatic carbocycles. The molecule has 26 heavy (non-hydrogen) atoms. The van der Waals surface area contributed by atoms with Crippen LogP contribution in [0, 0.1) is 6.92 Å². The summed E-state index contributed by atoms with van der Waals surface area (Å²) in [5, 5.41) is 0. The van der Waals surface area contributed by atoms with Gasteiger partial charge < -0.3 is 15.4 Å². The summed E-state index contributed by atoms with van der Waals surface area (Å²) in [7, 11) is -2.21. The lowest BCUT2D eigenvalue weighted by Crippen LogP contribution is -2.44. The summed E-state index contributed by atoms with van der Waals surface area (Å²) in [5.41, 5.74) is 9.29. The Balaban J connectivity index is 2.09. The predicted octanol–water partition coefficient (Wildman–Crippen LogP) is 2.11. The summed E-state index contributed by atoms with van der Waals surface area (Å²) in [4.78, 5) is 11.6. The normalized spacial score (nSPS) is 20.0. The molecular weight excluding hydrogens is 348 g/mol. The minimum absolute atomic E-state index is 0.221. The first kappa shape index (κ1) is 18.7. The molecule has 1 aliphatic heterocycles. The fraction of sp³-hybridized carbons (Fsp3) is 0.421. The van der Waals surface area contributed by atoms with Gasteiger partial charge in [-0.25, -0.2) is 9.97 Å². The highest BCUT2D eigenvalue weighted by Gasteiger charge is 2.22. The minimum Gasteiger partial charge on any atom is -0.399 e. The van der Waals surface area contributed by atoms with Gasteiger partial charge in [0.25, 0.3) is 0 Å². The van der Waals surface area contributed by atoms with Gasteiger partial charge in [-0.2, -0.15) is 0 Å². The topological polar surface area (TPSA) is 81.3 Å². The molecule has 2 N–H and O–H groups in total. The van der Waals surface area contributed by atoms with Crippen LogP contribution in [0.3, 0.4) is 0 Å². The van der Waals surface area contributed by atoms with Crippen molar-refractivity contribution in [3.63, 3.8) is 0 Å². The lowest BCUT2D eigenvalue weighted by Gasteiger charge is -2.34. The predicted molar refractivity (Wildman–Crippen MR) is 109 cm³/mol. The van der Waals surface area contributed by atoms with E-state index >= 15 is 0 Å². The van der Waals surface area contributed by atoms with Crippen LogP contribution in [0.2, 0.25) is 0 Å². The average molecular weight is 375 g/mol.